The third kappa shape index (κ3) is 4.07. The van der Waals surface area contributed by atoms with Crippen molar-refractivity contribution in [3.63, 3.8) is 0 Å². The van der Waals surface area contributed by atoms with Gasteiger partial charge in [-0.25, -0.2) is 4.79 Å². The number of furan rings is 1. The molecule has 0 spiro atoms. The van der Waals surface area contributed by atoms with E-state index in [1.165, 1.54) is 10.6 Å². The van der Waals surface area contributed by atoms with Gasteiger partial charge in [-0.1, -0.05) is 18.2 Å². The second kappa shape index (κ2) is 8.57. The van der Waals surface area contributed by atoms with Crippen LogP contribution in [0.15, 0.2) is 52.9 Å². The van der Waals surface area contributed by atoms with Crippen LogP contribution >= 0.6 is 0 Å². The number of carbonyl (C=O) groups excluding carboxylic acids is 1. The SMILES string of the molecule is CCOC(=O)c1oc2ccccc2c1C[NH+]1CCN(c2ccc(OC)cc2)CC1. The lowest BCUT2D eigenvalue weighted by molar-refractivity contribution is -0.914. The van der Waals surface area contributed by atoms with Gasteiger partial charge < -0.3 is 23.7 Å². The molecule has 1 aliphatic rings. The number of quaternary nitrogens is 1. The van der Waals surface area contributed by atoms with Gasteiger partial charge >= 0.3 is 5.97 Å². The molecule has 0 radical (unpaired) electrons. The summed E-state index contributed by atoms with van der Waals surface area (Å²) in [5.74, 6) is 0.837. The average molecular weight is 395 g/mol. The standard InChI is InChI=1S/C23H26N2O4/c1-3-28-23(26)22-20(19-6-4-5-7-21(19)29-22)16-24-12-14-25(15-13-24)17-8-10-18(27-2)11-9-17/h4-11H,3,12-16H2,1-2H3/p+1. The zero-order valence-electron chi connectivity index (χ0n) is 16.9. The summed E-state index contributed by atoms with van der Waals surface area (Å²) < 4.78 is 16.3. The highest BCUT2D eigenvalue weighted by Crippen LogP contribution is 2.26. The highest BCUT2D eigenvalue weighted by atomic mass is 16.5. The first-order valence-electron chi connectivity index (χ1n) is 10.1. The topological polar surface area (TPSA) is 56.3 Å². The fourth-order valence-electron chi connectivity index (χ4n) is 3.94. The lowest BCUT2D eigenvalue weighted by Crippen LogP contribution is -3.13. The van der Waals surface area contributed by atoms with E-state index in [0.717, 1.165) is 55.0 Å². The largest absolute Gasteiger partial charge is 0.497 e. The fraction of sp³-hybridized carbons (Fsp3) is 0.348. The normalized spacial score (nSPS) is 14.9. The number of anilines is 1. The number of para-hydroxylation sites is 1. The molecule has 2 aromatic carbocycles. The van der Waals surface area contributed by atoms with E-state index >= 15 is 0 Å². The molecule has 1 aromatic heterocycles. The second-order valence-corrected chi connectivity index (χ2v) is 7.24. The van der Waals surface area contributed by atoms with Crippen molar-refractivity contribution in [3.05, 3.63) is 59.9 Å². The predicted octanol–water partition coefficient (Wildman–Crippen LogP) is 2.52. The predicted molar refractivity (Wildman–Crippen MR) is 112 cm³/mol. The number of rotatable bonds is 6. The van der Waals surface area contributed by atoms with Crippen LogP contribution in [-0.4, -0.2) is 45.9 Å². The maximum absolute atomic E-state index is 12.4. The highest BCUT2D eigenvalue weighted by Gasteiger charge is 2.27. The van der Waals surface area contributed by atoms with Gasteiger partial charge in [0.15, 0.2) is 0 Å². The Bertz CT molecular complexity index is 972. The summed E-state index contributed by atoms with van der Waals surface area (Å²) in [6.45, 7) is 6.81. The number of methoxy groups -OCH3 is 1. The molecule has 6 heteroatoms. The van der Waals surface area contributed by atoms with E-state index in [1.807, 2.05) is 43.3 Å². The molecule has 29 heavy (non-hydrogen) atoms. The van der Waals surface area contributed by atoms with Crippen LogP contribution in [0.4, 0.5) is 5.69 Å². The number of esters is 1. The summed E-state index contributed by atoms with van der Waals surface area (Å²) in [7, 11) is 1.68. The maximum atomic E-state index is 12.4. The van der Waals surface area contributed by atoms with Crippen molar-refractivity contribution in [1.29, 1.82) is 0 Å². The molecule has 0 amide bonds. The van der Waals surface area contributed by atoms with Crippen LogP contribution in [0.25, 0.3) is 11.0 Å². The van der Waals surface area contributed by atoms with E-state index in [4.69, 9.17) is 13.9 Å². The van der Waals surface area contributed by atoms with Gasteiger partial charge in [-0.2, -0.15) is 0 Å². The van der Waals surface area contributed by atoms with Crippen molar-refractivity contribution in [2.75, 3.05) is 44.8 Å². The van der Waals surface area contributed by atoms with Crippen LogP contribution in [0, 0.1) is 0 Å². The third-order valence-corrected chi connectivity index (χ3v) is 5.49. The van der Waals surface area contributed by atoms with Crippen LogP contribution in [0.3, 0.4) is 0 Å². The van der Waals surface area contributed by atoms with Crippen LogP contribution in [0.1, 0.15) is 23.0 Å². The summed E-state index contributed by atoms with van der Waals surface area (Å²) in [6, 6.07) is 16.0. The van der Waals surface area contributed by atoms with E-state index in [0.29, 0.717) is 12.4 Å². The number of nitrogens with zero attached hydrogens (tertiary/aromatic N) is 1. The Kier molecular flexibility index (Phi) is 5.71. The Morgan fingerprint density at radius 2 is 1.83 bits per heavy atom. The van der Waals surface area contributed by atoms with Crippen LogP contribution in [0.5, 0.6) is 5.75 Å². The molecule has 1 fully saturated rings. The summed E-state index contributed by atoms with van der Waals surface area (Å²) in [6.07, 6.45) is 0. The van der Waals surface area contributed by atoms with E-state index < -0.39 is 0 Å². The van der Waals surface area contributed by atoms with E-state index in [9.17, 15) is 4.79 Å². The second-order valence-electron chi connectivity index (χ2n) is 7.24. The van der Waals surface area contributed by atoms with Gasteiger partial charge in [0.2, 0.25) is 5.76 Å². The number of benzene rings is 2. The zero-order chi connectivity index (χ0) is 20.2. The Balaban J connectivity index is 1.48. The summed E-state index contributed by atoms with van der Waals surface area (Å²) >= 11 is 0. The molecule has 2 heterocycles. The summed E-state index contributed by atoms with van der Waals surface area (Å²) in [5.41, 5.74) is 2.90. The third-order valence-electron chi connectivity index (χ3n) is 5.49. The minimum absolute atomic E-state index is 0.336. The van der Waals surface area contributed by atoms with Crippen molar-refractivity contribution in [2.24, 2.45) is 0 Å². The monoisotopic (exact) mass is 395 g/mol. The fourth-order valence-corrected chi connectivity index (χ4v) is 3.94. The first-order chi connectivity index (χ1) is 14.2. The van der Waals surface area contributed by atoms with Gasteiger partial charge in [-0.15, -0.1) is 0 Å². The Hall–Kier alpha value is -2.99. The maximum Gasteiger partial charge on any atom is 0.374 e. The van der Waals surface area contributed by atoms with Crippen LogP contribution < -0.4 is 14.5 Å². The van der Waals surface area contributed by atoms with Gasteiger partial charge in [0.1, 0.15) is 17.9 Å². The van der Waals surface area contributed by atoms with Gasteiger partial charge in [0.05, 0.1) is 45.5 Å². The number of nitrogens with one attached hydrogen (secondary N) is 1. The lowest BCUT2D eigenvalue weighted by Gasteiger charge is -2.33. The molecule has 1 saturated heterocycles. The number of hydrogen-bond donors (Lipinski definition) is 1. The van der Waals surface area contributed by atoms with Crippen molar-refractivity contribution >= 4 is 22.6 Å². The van der Waals surface area contributed by atoms with Crippen molar-refractivity contribution < 1.29 is 23.6 Å². The molecule has 1 aliphatic heterocycles. The van der Waals surface area contributed by atoms with Gasteiger partial charge in [0.25, 0.3) is 0 Å². The zero-order valence-corrected chi connectivity index (χ0v) is 16.9. The number of piperazine rings is 1. The van der Waals surface area contributed by atoms with E-state index in [2.05, 4.69) is 17.0 Å². The minimum atomic E-state index is -0.380. The number of ether oxygens (including phenoxy) is 2. The molecular formula is C23H27N2O4+. The van der Waals surface area contributed by atoms with Crippen molar-refractivity contribution in [3.8, 4) is 5.75 Å². The number of hydrogen-bond acceptors (Lipinski definition) is 5. The molecule has 0 bridgehead atoms. The summed E-state index contributed by atoms with van der Waals surface area (Å²) in [5, 5.41) is 1.00. The Morgan fingerprint density at radius 3 is 2.52 bits per heavy atom. The van der Waals surface area contributed by atoms with E-state index in [1.54, 1.807) is 7.11 Å². The molecule has 0 saturated carbocycles. The molecule has 3 aromatic rings. The minimum Gasteiger partial charge on any atom is -0.497 e. The van der Waals surface area contributed by atoms with Crippen molar-refractivity contribution in [2.45, 2.75) is 13.5 Å². The van der Waals surface area contributed by atoms with E-state index in [-0.39, 0.29) is 5.97 Å². The van der Waals surface area contributed by atoms with Gasteiger partial charge in [-0.3, -0.25) is 0 Å². The summed E-state index contributed by atoms with van der Waals surface area (Å²) in [4.78, 5) is 16.3. The Labute approximate surface area is 170 Å². The highest BCUT2D eigenvalue weighted by molar-refractivity contribution is 5.96. The molecule has 1 N–H and O–H groups in total. The smallest absolute Gasteiger partial charge is 0.374 e. The molecule has 0 atom stereocenters. The average Bonchev–Trinajstić information content (AvgIpc) is 3.13. The lowest BCUT2D eigenvalue weighted by atomic mass is 10.1. The first kappa shape index (κ1) is 19.3. The number of carbonyl (C=O) groups is 1. The molecule has 152 valence electrons. The Morgan fingerprint density at radius 1 is 1.10 bits per heavy atom. The molecule has 0 aliphatic carbocycles. The van der Waals surface area contributed by atoms with Crippen molar-refractivity contribution in [1.82, 2.24) is 0 Å². The molecule has 6 nitrogen and oxygen atoms in total. The first-order valence-corrected chi connectivity index (χ1v) is 10.1. The number of fused-ring (bicyclic) bond motifs is 1. The van der Waals surface area contributed by atoms with Gasteiger partial charge in [-0.05, 0) is 37.3 Å². The molecule has 4 rings (SSSR count). The van der Waals surface area contributed by atoms with Crippen LogP contribution in [-0.2, 0) is 11.3 Å². The quantitative estimate of drug-likeness (QED) is 0.650. The molecule has 0 unspecified atom stereocenters. The molecular weight excluding hydrogens is 368 g/mol. The van der Waals surface area contributed by atoms with Gasteiger partial charge in [0, 0.05) is 11.1 Å². The van der Waals surface area contributed by atoms with Crippen LogP contribution in [0.2, 0.25) is 0 Å².